The highest BCUT2D eigenvalue weighted by Gasteiger charge is 2.29. The van der Waals surface area contributed by atoms with Crippen LogP contribution in [0.15, 0.2) is 77.6 Å². The van der Waals surface area contributed by atoms with Crippen molar-refractivity contribution in [3.05, 3.63) is 126 Å². The predicted molar refractivity (Wildman–Crippen MR) is 125 cm³/mol. The zero-order chi connectivity index (χ0) is 23.1. The topological polar surface area (TPSA) is 80.9 Å². The maximum absolute atomic E-state index is 13.5. The first-order valence-corrected chi connectivity index (χ1v) is 10.6. The molecule has 0 saturated carbocycles. The van der Waals surface area contributed by atoms with Crippen molar-refractivity contribution in [1.29, 1.82) is 0 Å². The van der Waals surface area contributed by atoms with E-state index in [0.29, 0.717) is 28.4 Å². The second kappa shape index (κ2) is 8.18. The van der Waals surface area contributed by atoms with Gasteiger partial charge in [0.2, 0.25) is 0 Å². The summed E-state index contributed by atoms with van der Waals surface area (Å²) in [6.07, 6.45) is 2.45. The molecule has 1 aromatic heterocycles. The van der Waals surface area contributed by atoms with E-state index in [1.807, 2.05) is 18.2 Å². The number of nitro benzene ring substituents is 1. The molecule has 1 N–H and O–H groups in total. The lowest BCUT2D eigenvalue weighted by molar-refractivity contribution is -0.384. The lowest BCUT2D eigenvalue weighted by Gasteiger charge is -2.23. The fourth-order valence-electron chi connectivity index (χ4n) is 4.22. The zero-order valence-electron chi connectivity index (χ0n) is 17.2. The van der Waals surface area contributed by atoms with Gasteiger partial charge >= 0.3 is 0 Å². The van der Waals surface area contributed by atoms with Gasteiger partial charge in [0.05, 0.1) is 21.9 Å². The number of nitrogens with one attached hydrogen (secondary N) is 1. The van der Waals surface area contributed by atoms with E-state index in [0.717, 1.165) is 16.7 Å². The van der Waals surface area contributed by atoms with Crippen LogP contribution in [0.3, 0.4) is 0 Å². The van der Waals surface area contributed by atoms with E-state index in [2.05, 4.69) is 5.10 Å². The molecular formula is C25H17ClFN3O3. The Labute approximate surface area is 192 Å². The Morgan fingerprint density at radius 3 is 2.30 bits per heavy atom. The first-order chi connectivity index (χ1) is 15.9. The zero-order valence-corrected chi connectivity index (χ0v) is 17.9. The van der Waals surface area contributed by atoms with Gasteiger partial charge in [-0.3, -0.25) is 20.0 Å². The number of aromatic nitrogens is 2. The number of H-pyrrole nitrogens is 1. The SMILES string of the molecule is O=c1c2c([nH]n1-c1ccc([N+](=O)[O-])cc1)C=C(c1ccc(F)cc1)CC2c1ccc(Cl)cc1. The van der Waals surface area contributed by atoms with Gasteiger partial charge in [-0.25, -0.2) is 9.07 Å². The molecule has 6 nitrogen and oxygen atoms in total. The Morgan fingerprint density at radius 2 is 1.67 bits per heavy atom. The smallest absolute Gasteiger partial charge is 0.275 e. The van der Waals surface area contributed by atoms with E-state index in [4.69, 9.17) is 11.6 Å². The van der Waals surface area contributed by atoms with Gasteiger partial charge in [-0.05, 0) is 65.6 Å². The van der Waals surface area contributed by atoms with Crippen LogP contribution < -0.4 is 5.56 Å². The van der Waals surface area contributed by atoms with Gasteiger partial charge in [0.1, 0.15) is 5.82 Å². The lowest BCUT2D eigenvalue weighted by Crippen LogP contribution is -2.21. The summed E-state index contributed by atoms with van der Waals surface area (Å²) in [5.41, 5.74) is 4.20. The average Bonchev–Trinajstić information content (AvgIpc) is 3.16. The molecule has 1 atom stereocenters. The number of rotatable bonds is 4. The summed E-state index contributed by atoms with van der Waals surface area (Å²) in [6, 6.07) is 19.4. The van der Waals surface area contributed by atoms with Crippen LogP contribution in [-0.4, -0.2) is 14.7 Å². The van der Waals surface area contributed by atoms with Crippen LogP contribution in [0, 0.1) is 15.9 Å². The summed E-state index contributed by atoms with van der Waals surface area (Å²) in [5, 5.41) is 14.7. The van der Waals surface area contributed by atoms with Crippen LogP contribution in [-0.2, 0) is 0 Å². The number of fused-ring (bicyclic) bond motifs is 1. The minimum atomic E-state index is -0.486. The molecular weight excluding hydrogens is 445 g/mol. The molecule has 0 radical (unpaired) electrons. The molecule has 4 aromatic rings. The van der Waals surface area contributed by atoms with E-state index in [1.165, 1.54) is 41.1 Å². The summed E-state index contributed by atoms with van der Waals surface area (Å²) < 4.78 is 14.9. The molecule has 1 unspecified atom stereocenters. The number of benzene rings is 3. The molecule has 8 heteroatoms. The third-order valence-corrected chi connectivity index (χ3v) is 6.11. The number of nitro groups is 1. The van der Waals surface area contributed by atoms with Crippen LogP contribution in [0.1, 0.15) is 34.7 Å². The normalized spacial score (nSPS) is 15.1. The summed E-state index contributed by atoms with van der Waals surface area (Å²) >= 11 is 6.07. The molecule has 164 valence electrons. The van der Waals surface area contributed by atoms with Crippen LogP contribution in [0.2, 0.25) is 5.02 Å². The number of nitrogens with zero attached hydrogens (tertiary/aromatic N) is 2. The van der Waals surface area contributed by atoms with Gasteiger partial charge in [0.15, 0.2) is 0 Å². The molecule has 1 aliphatic rings. The Balaban J connectivity index is 1.66. The number of hydrogen-bond donors (Lipinski definition) is 1. The Morgan fingerprint density at radius 1 is 1.00 bits per heavy atom. The molecule has 0 spiro atoms. The molecule has 0 bridgehead atoms. The average molecular weight is 462 g/mol. The molecule has 33 heavy (non-hydrogen) atoms. The number of hydrogen-bond acceptors (Lipinski definition) is 3. The summed E-state index contributed by atoms with van der Waals surface area (Å²) in [5.74, 6) is -0.562. The van der Waals surface area contributed by atoms with E-state index in [-0.39, 0.29) is 23.0 Å². The monoisotopic (exact) mass is 461 g/mol. The van der Waals surface area contributed by atoms with Crippen molar-refractivity contribution in [2.24, 2.45) is 0 Å². The van der Waals surface area contributed by atoms with E-state index in [1.54, 1.807) is 24.3 Å². The van der Waals surface area contributed by atoms with Crippen molar-refractivity contribution in [3.8, 4) is 5.69 Å². The van der Waals surface area contributed by atoms with Crippen molar-refractivity contribution in [2.75, 3.05) is 0 Å². The highest BCUT2D eigenvalue weighted by atomic mass is 35.5. The summed E-state index contributed by atoms with van der Waals surface area (Å²) in [7, 11) is 0. The number of allylic oxidation sites excluding steroid dienone is 1. The second-order valence-corrected chi connectivity index (χ2v) is 8.27. The van der Waals surface area contributed by atoms with Crippen molar-refractivity contribution in [1.82, 2.24) is 9.78 Å². The highest BCUT2D eigenvalue weighted by molar-refractivity contribution is 6.30. The maximum atomic E-state index is 13.5. The van der Waals surface area contributed by atoms with Gasteiger partial charge in [-0.1, -0.05) is 35.9 Å². The number of aromatic amines is 1. The molecule has 1 heterocycles. The third-order valence-electron chi connectivity index (χ3n) is 5.85. The largest absolute Gasteiger partial charge is 0.291 e. The van der Waals surface area contributed by atoms with Gasteiger partial charge in [-0.15, -0.1) is 0 Å². The lowest BCUT2D eigenvalue weighted by atomic mass is 9.80. The van der Waals surface area contributed by atoms with Gasteiger partial charge in [0, 0.05) is 23.1 Å². The number of halogens is 2. The van der Waals surface area contributed by atoms with Crippen LogP contribution in [0.25, 0.3) is 17.3 Å². The van der Waals surface area contributed by atoms with Gasteiger partial charge < -0.3 is 0 Å². The second-order valence-electron chi connectivity index (χ2n) is 7.84. The summed E-state index contributed by atoms with van der Waals surface area (Å²) in [4.78, 5) is 24.0. The van der Waals surface area contributed by atoms with E-state index < -0.39 is 4.92 Å². The Kier molecular flexibility index (Phi) is 5.18. The van der Waals surface area contributed by atoms with Crippen LogP contribution in [0.5, 0.6) is 0 Å². The first kappa shape index (κ1) is 20.9. The van der Waals surface area contributed by atoms with Crippen molar-refractivity contribution >= 4 is 28.9 Å². The molecule has 3 aromatic carbocycles. The van der Waals surface area contributed by atoms with Crippen LogP contribution in [0.4, 0.5) is 10.1 Å². The standard InChI is InChI=1S/C25H17ClFN3O3/c26-18-5-1-16(2-6-18)22-13-17(15-3-7-19(27)8-4-15)14-23-24(22)25(31)29(28-23)20-9-11-21(12-10-20)30(32)33/h1-12,14,22,28H,13H2. The van der Waals surface area contributed by atoms with Crippen LogP contribution >= 0.6 is 11.6 Å². The fourth-order valence-corrected chi connectivity index (χ4v) is 4.34. The van der Waals surface area contributed by atoms with Crippen molar-refractivity contribution in [3.63, 3.8) is 0 Å². The number of non-ortho nitro benzene ring substituents is 1. The minimum absolute atomic E-state index is 0.0550. The minimum Gasteiger partial charge on any atom is -0.291 e. The molecule has 0 aliphatic heterocycles. The van der Waals surface area contributed by atoms with Gasteiger partial charge in [0.25, 0.3) is 11.2 Å². The molecule has 5 rings (SSSR count). The van der Waals surface area contributed by atoms with Crippen molar-refractivity contribution < 1.29 is 9.31 Å². The molecule has 0 amide bonds. The van der Waals surface area contributed by atoms with E-state index >= 15 is 0 Å². The fraction of sp³-hybridized carbons (Fsp3) is 0.0800. The maximum Gasteiger partial charge on any atom is 0.275 e. The Bertz CT molecular complexity index is 1440. The highest BCUT2D eigenvalue weighted by Crippen LogP contribution is 2.40. The predicted octanol–water partition coefficient (Wildman–Crippen LogP) is 5.94. The first-order valence-electron chi connectivity index (χ1n) is 10.2. The Hall–Kier alpha value is -3.97. The van der Waals surface area contributed by atoms with E-state index in [9.17, 15) is 19.3 Å². The summed E-state index contributed by atoms with van der Waals surface area (Å²) in [6.45, 7) is 0. The van der Waals surface area contributed by atoms with Crippen molar-refractivity contribution in [2.45, 2.75) is 12.3 Å². The third kappa shape index (κ3) is 3.87. The molecule has 1 aliphatic carbocycles. The molecule has 0 fully saturated rings. The quantitative estimate of drug-likeness (QED) is 0.301. The van der Waals surface area contributed by atoms with Gasteiger partial charge in [-0.2, -0.15) is 0 Å². The molecule has 0 saturated heterocycles.